The standard InChI is InChI=1S/C10H12N2O4S3/c1-12(8-4-5-18(13,14)7-8)19(15,16)10-3-2-9(6-11)17-10/h2-3,8H,4-5,7H2,1H3. The van der Waals surface area contributed by atoms with Gasteiger partial charge in [0.1, 0.15) is 15.2 Å². The third-order valence-corrected chi connectivity index (χ3v) is 8.17. The Balaban J connectivity index is 2.28. The van der Waals surface area contributed by atoms with Gasteiger partial charge in [0.25, 0.3) is 10.0 Å². The van der Waals surface area contributed by atoms with Crippen molar-refractivity contribution < 1.29 is 16.8 Å². The van der Waals surface area contributed by atoms with E-state index in [0.29, 0.717) is 11.3 Å². The Hall–Kier alpha value is -0.950. The smallest absolute Gasteiger partial charge is 0.229 e. The van der Waals surface area contributed by atoms with Gasteiger partial charge in [-0.3, -0.25) is 0 Å². The van der Waals surface area contributed by atoms with Crippen molar-refractivity contribution in [1.82, 2.24) is 4.31 Å². The van der Waals surface area contributed by atoms with Crippen LogP contribution in [0.25, 0.3) is 0 Å². The quantitative estimate of drug-likeness (QED) is 0.804. The molecule has 1 unspecified atom stereocenters. The van der Waals surface area contributed by atoms with Crippen LogP contribution in [0.1, 0.15) is 11.3 Å². The number of hydrogen-bond donors (Lipinski definition) is 0. The number of thiophene rings is 1. The van der Waals surface area contributed by atoms with Gasteiger partial charge < -0.3 is 0 Å². The predicted octanol–water partition coefficient (Wildman–Crippen LogP) is 0.427. The van der Waals surface area contributed by atoms with Crippen molar-refractivity contribution in [2.45, 2.75) is 16.7 Å². The molecule has 2 heterocycles. The van der Waals surface area contributed by atoms with Crippen molar-refractivity contribution in [3.8, 4) is 6.07 Å². The Morgan fingerprint density at radius 1 is 1.47 bits per heavy atom. The molecule has 0 aromatic carbocycles. The molecule has 0 N–H and O–H groups in total. The molecule has 1 saturated heterocycles. The molecule has 0 bridgehead atoms. The van der Waals surface area contributed by atoms with Gasteiger partial charge in [-0.2, -0.15) is 9.57 Å². The van der Waals surface area contributed by atoms with E-state index in [4.69, 9.17) is 5.26 Å². The minimum absolute atomic E-state index is 0.0193. The number of sulfonamides is 1. The second kappa shape index (κ2) is 4.86. The second-order valence-electron chi connectivity index (χ2n) is 4.31. The molecule has 0 amide bonds. The molecule has 1 aliphatic rings. The first-order valence-electron chi connectivity index (χ1n) is 5.45. The lowest BCUT2D eigenvalue weighted by Crippen LogP contribution is -2.37. The molecule has 1 aromatic rings. The summed E-state index contributed by atoms with van der Waals surface area (Å²) in [7, 11) is -5.48. The molecule has 19 heavy (non-hydrogen) atoms. The zero-order valence-electron chi connectivity index (χ0n) is 10.1. The van der Waals surface area contributed by atoms with Crippen molar-refractivity contribution in [1.29, 1.82) is 5.26 Å². The summed E-state index contributed by atoms with van der Waals surface area (Å²) in [5.41, 5.74) is 0. The Morgan fingerprint density at radius 3 is 2.63 bits per heavy atom. The molecule has 1 atom stereocenters. The predicted molar refractivity (Wildman–Crippen MR) is 71.0 cm³/mol. The van der Waals surface area contributed by atoms with Gasteiger partial charge in [-0.05, 0) is 18.6 Å². The van der Waals surface area contributed by atoms with E-state index in [1.54, 1.807) is 0 Å². The van der Waals surface area contributed by atoms with Crippen molar-refractivity contribution in [3.05, 3.63) is 17.0 Å². The molecular formula is C10H12N2O4S3. The normalized spacial score (nSPS) is 22.5. The van der Waals surface area contributed by atoms with Gasteiger partial charge in [-0.25, -0.2) is 16.8 Å². The number of nitrogens with zero attached hydrogens (tertiary/aromatic N) is 2. The zero-order valence-corrected chi connectivity index (χ0v) is 12.6. The fourth-order valence-corrected chi connectivity index (χ4v) is 6.46. The van der Waals surface area contributed by atoms with Crippen LogP contribution in [0.2, 0.25) is 0 Å². The summed E-state index contributed by atoms with van der Waals surface area (Å²) in [6.45, 7) is 0. The van der Waals surface area contributed by atoms with E-state index in [9.17, 15) is 16.8 Å². The zero-order chi connectivity index (χ0) is 14.3. The Morgan fingerprint density at radius 2 is 2.16 bits per heavy atom. The summed E-state index contributed by atoms with van der Waals surface area (Å²) in [6, 6.07) is 4.17. The average molecular weight is 320 g/mol. The molecular weight excluding hydrogens is 308 g/mol. The Bertz CT molecular complexity index is 727. The van der Waals surface area contributed by atoms with E-state index in [-0.39, 0.29) is 15.7 Å². The van der Waals surface area contributed by atoms with Crippen LogP contribution in [-0.2, 0) is 19.9 Å². The van der Waals surface area contributed by atoms with E-state index in [2.05, 4.69) is 0 Å². The minimum Gasteiger partial charge on any atom is -0.229 e. The van der Waals surface area contributed by atoms with Gasteiger partial charge in [0.15, 0.2) is 9.84 Å². The minimum atomic E-state index is -3.73. The highest BCUT2D eigenvalue weighted by molar-refractivity contribution is 7.92. The number of sulfone groups is 1. The van der Waals surface area contributed by atoms with Crippen LogP contribution in [0.3, 0.4) is 0 Å². The maximum absolute atomic E-state index is 12.3. The van der Waals surface area contributed by atoms with E-state index in [1.807, 2.05) is 6.07 Å². The molecule has 9 heteroatoms. The lowest BCUT2D eigenvalue weighted by Gasteiger charge is -2.21. The van der Waals surface area contributed by atoms with Gasteiger partial charge in [0, 0.05) is 13.1 Å². The van der Waals surface area contributed by atoms with Gasteiger partial charge in [0.05, 0.1) is 11.5 Å². The van der Waals surface area contributed by atoms with Gasteiger partial charge >= 0.3 is 0 Å². The molecule has 1 fully saturated rings. The first kappa shape index (κ1) is 14.5. The largest absolute Gasteiger partial charge is 0.252 e. The van der Waals surface area contributed by atoms with Crippen molar-refractivity contribution in [3.63, 3.8) is 0 Å². The molecule has 0 saturated carbocycles. The maximum atomic E-state index is 12.3. The Kier molecular flexibility index (Phi) is 3.70. The van der Waals surface area contributed by atoms with Gasteiger partial charge in [-0.1, -0.05) is 0 Å². The number of rotatable bonds is 3. The van der Waals surface area contributed by atoms with E-state index >= 15 is 0 Å². The third-order valence-electron chi connectivity index (χ3n) is 3.05. The van der Waals surface area contributed by atoms with E-state index in [1.165, 1.54) is 19.2 Å². The number of hydrogen-bond acceptors (Lipinski definition) is 6. The third kappa shape index (κ3) is 2.81. The highest BCUT2D eigenvalue weighted by atomic mass is 32.2. The maximum Gasteiger partial charge on any atom is 0.252 e. The highest BCUT2D eigenvalue weighted by Gasteiger charge is 2.36. The van der Waals surface area contributed by atoms with Crippen LogP contribution >= 0.6 is 11.3 Å². The topological polar surface area (TPSA) is 95.3 Å². The van der Waals surface area contributed by atoms with E-state index in [0.717, 1.165) is 15.6 Å². The van der Waals surface area contributed by atoms with Crippen LogP contribution < -0.4 is 0 Å². The summed E-state index contributed by atoms with van der Waals surface area (Å²) < 4.78 is 48.5. The molecule has 1 aromatic heterocycles. The van der Waals surface area contributed by atoms with Crippen LogP contribution in [0, 0.1) is 11.3 Å². The molecule has 104 valence electrons. The summed E-state index contributed by atoms with van der Waals surface area (Å²) in [6.07, 6.45) is 0.314. The molecule has 0 aliphatic carbocycles. The Labute approximate surface area is 116 Å². The second-order valence-corrected chi connectivity index (χ2v) is 9.85. The lowest BCUT2D eigenvalue weighted by molar-refractivity contribution is 0.395. The average Bonchev–Trinajstić information content (AvgIpc) is 2.94. The molecule has 0 spiro atoms. The summed E-state index contributed by atoms with van der Waals surface area (Å²) in [4.78, 5) is 0.311. The molecule has 6 nitrogen and oxygen atoms in total. The fraction of sp³-hybridized carbons (Fsp3) is 0.500. The molecule has 1 aliphatic heterocycles. The van der Waals surface area contributed by atoms with Gasteiger partial charge in [0.2, 0.25) is 0 Å². The van der Waals surface area contributed by atoms with Crippen LogP contribution in [0.4, 0.5) is 0 Å². The van der Waals surface area contributed by atoms with E-state index < -0.39 is 25.9 Å². The summed E-state index contributed by atoms with van der Waals surface area (Å²) >= 11 is 0.887. The fourth-order valence-electron chi connectivity index (χ4n) is 1.92. The van der Waals surface area contributed by atoms with Crippen molar-refractivity contribution in [2.24, 2.45) is 0 Å². The van der Waals surface area contributed by atoms with Gasteiger partial charge in [-0.15, -0.1) is 11.3 Å². The van der Waals surface area contributed by atoms with Crippen LogP contribution in [0.5, 0.6) is 0 Å². The molecule has 0 radical (unpaired) electrons. The van der Waals surface area contributed by atoms with Crippen LogP contribution in [0.15, 0.2) is 16.3 Å². The first-order chi connectivity index (χ1) is 8.76. The monoisotopic (exact) mass is 320 g/mol. The van der Waals surface area contributed by atoms with Crippen molar-refractivity contribution in [2.75, 3.05) is 18.6 Å². The van der Waals surface area contributed by atoms with Crippen LogP contribution in [-0.4, -0.2) is 45.7 Å². The lowest BCUT2D eigenvalue weighted by atomic mass is 10.3. The first-order valence-corrected chi connectivity index (χ1v) is 9.52. The summed E-state index contributed by atoms with van der Waals surface area (Å²) in [5.74, 6) is -0.120. The SMILES string of the molecule is CN(C1CCS(=O)(=O)C1)S(=O)(=O)c1ccc(C#N)s1. The highest BCUT2D eigenvalue weighted by Crippen LogP contribution is 2.27. The molecule has 2 rings (SSSR count). The number of nitriles is 1. The van der Waals surface area contributed by atoms with Crippen molar-refractivity contribution >= 4 is 31.2 Å². The summed E-state index contributed by atoms with van der Waals surface area (Å²) in [5, 5.41) is 8.71.